The molecule has 0 amide bonds. The summed E-state index contributed by atoms with van der Waals surface area (Å²) in [5, 5.41) is 3.24. The molecule has 88 valence electrons. The van der Waals surface area contributed by atoms with Crippen molar-refractivity contribution in [2.24, 2.45) is 0 Å². The number of pyridine rings is 1. The summed E-state index contributed by atoms with van der Waals surface area (Å²) in [6.45, 7) is 3.99. The highest BCUT2D eigenvalue weighted by Gasteiger charge is 2.04. The van der Waals surface area contributed by atoms with E-state index in [4.69, 9.17) is 5.73 Å². The molecule has 0 spiro atoms. The molecule has 0 saturated carbocycles. The van der Waals surface area contributed by atoms with Crippen molar-refractivity contribution in [3.05, 3.63) is 46.1 Å². The first-order valence-corrected chi connectivity index (χ1v) is 6.11. The monoisotopic (exact) mass is 291 g/mol. The third-order valence-electron chi connectivity index (χ3n) is 2.60. The number of hydrogen-bond donors (Lipinski definition) is 2. The van der Waals surface area contributed by atoms with Crippen LogP contribution < -0.4 is 11.1 Å². The Bertz CT molecular complexity index is 552. The molecule has 0 aliphatic carbocycles. The zero-order valence-corrected chi connectivity index (χ0v) is 11.4. The Balaban J connectivity index is 2.31. The van der Waals surface area contributed by atoms with Crippen LogP contribution in [0.5, 0.6) is 0 Å². The van der Waals surface area contributed by atoms with Gasteiger partial charge < -0.3 is 11.1 Å². The van der Waals surface area contributed by atoms with Crippen LogP contribution in [0.25, 0.3) is 0 Å². The molecular weight excluding hydrogens is 278 g/mol. The van der Waals surface area contributed by atoms with Crippen molar-refractivity contribution >= 4 is 33.1 Å². The van der Waals surface area contributed by atoms with Crippen molar-refractivity contribution in [3.8, 4) is 0 Å². The van der Waals surface area contributed by atoms with Gasteiger partial charge in [0.15, 0.2) is 0 Å². The summed E-state index contributed by atoms with van der Waals surface area (Å²) in [7, 11) is 0. The second kappa shape index (κ2) is 4.75. The van der Waals surface area contributed by atoms with E-state index in [1.165, 1.54) is 5.56 Å². The summed E-state index contributed by atoms with van der Waals surface area (Å²) < 4.78 is 1.04. The Hall–Kier alpha value is -1.55. The topological polar surface area (TPSA) is 50.9 Å². The van der Waals surface area contributed by atoms with Gasteiger partial charge >= 0.3 is 0 Å². The maximum Gasteiger partial charge on any atom is 0.132 e. The minimum atomic E-state index is 0.742. The number of halogens is 1. The number of nitrogens with two attached hydrogens (primary N) is 1. The average molecular weight is 292 g/mol. The van der Waals surface area contributed by atoms with Gasteiger partial charge in [-0.1, -0.05) is 12.1 Å². The van der Waals surface area contributed by atoms with E-state index in [0.717, 1.165) is 27.2 Å². The molecule has 0 radical (unpaired) electrons. The first-order chi connectivity index (χ1) is 8.08. The Kier molecular flexibility index (Phi) is 3.33. The van der Waals surface area contributed by atoms with Gasteiger partial charge in [0.05, 0.1) is 5.69 Å². The van der Waals surface area contributed by atoms with E-state index >= 15 is 0 Å². The summed E-state index contributed by atoms with van der Waals surface area (Å²) in [6, 6.07) is 7.88. The average Bonchev–Trinajstić information content (AvgIpc) is 2.30. The molecule has 0 atom stereocenters. The number of rotatable bonds is 2. The lowest BCUT2D eigenvalue weighted by molar-refractivity contribution is 1.26. The van der Waals surface area contributed by atoms with Crippen LogP contribution in [-0.2, 0) is 0 Å². The zero-order chi connectivity index (χ0) is 12.4. The van der Waals surface area contributed by atoms with Gasteiger partial charge in [-0.25, -0.2) is 4.98 Å². The van der Waals surface area contributed by atoms with Gasteiger partial charge in [-0.05, 0) is 47.0 Å². The molecule has 2 rings (SSSR count). The fourth-order valence-electron chi connectivity index (χ4n) is 1.49. The van der Waals surface area contributed by atoms with Crippen LogP contribution in [0.15, 0.2) is 34.9 Å². The first kappa shape index (κ1) is 11.9. The van der Waals surface area contributed by atoms with Crippen LogP contribution in [0.1, 0.15) is 11.1 Å². The second-order valence-electron chi connectivity index (χ2n) is 3.99. The molecule has 17 heavy (non-hydrogen) atoms. The van der Waals surface area contributed by atoms with Crippen LogP contribution in [0.2, 0.25) is 0 Å². The van der Waals surface area contributed by atoms with Crippen LogP contribution in [-0.4, -0.2) is 4.98 Å². The van der Waals surface area contributed by atoms with Gasteiger partial charge in [0.25, 0.3) is 0 Å². The van der Waals surface area contributed by atoms with Crippen molar-refractivity contribution in [2.45, 2.75) is 13.8 Å². The van der Waals surface area contributed by atoms with Crippen LogP contribution in [0, 0.1) is 13.8 Å². The Morgan fingerprint density at radius 2 is 2.00 bits per heavy atom. The molecule has 0 bridgehead atoms. The number of anilines is 3. The second-order valence-corrected chi connectivity index (χ2v) is 4.78. The molecule has 1 heterocycles. The van der Waals surface area contributed by atoms with Gasteiger partial charge in [0.1, 0.15) is 5.82 Å². The lowest BCUT2D eigenvalue weighted by Crippen LogP contribution is -1.98. The fourth-order valence-corrected chi connectivity index (χ4v) is 1.85. The van der Waals surface area contributed by atoms with Crippen molar-refractivity contribution < 1.29 is 0 Å². The molecule has 1 aromatic heterocycles. The Morgan fingerprint density at radius 3 is 2.71 bits per heavy atom. The minimum Gasteiger partial charge on any atom is -0.398 e. The van der Waals surface area contributed by atoms with Crippen molar-refractivity contribution in [1.82, 2.24) is 4.98 Å². The van der Waals surface area contributed by atoms with Crippen molar-refractivity contribution in [3.63, 3.8) is 0 Å². The van der Waals surface area contributed by atoms with Crippen LogP contribution >= 0.6 is 15.9 Å². The molecule has 0 unspecified atom stereocenters. The number of aromatic nitrogens is 1. The number of benzene rings is 1. The first-order valence-electron chi connectivity index (χ1n) is 5.32. The van der Waals surface area contributed by atoms with Gasteiger partial charge in [-0.3, -0.25) is 0 Å². The van der Waals surface area contributed by atoms with Crippen LogP contribution in [0.3, 0.4) is 0 Å². The highest BCUT2D eigenvalue weighted by molar-refractivity contribution is 9.10. The van der Waals surface area contributed by atoms with Crippen LogP contribution in [0.4, 0.5) is 17.2 Å². The van der Waals surface area contributed by atoms with Gasteiger partial charge in [-0.15, -0.1) is 0 Å². The molecule has 1 aromatic carbocycles. The summed E-state index contributed by atoms with van der Waals surface area (Å²) in [6.07, 6.45) is 1.77. The number of hydrogen-bond acceptors (Lipinski definition) is 3. The smallest absolute Gasteiger partial charge is 0.132 e. The van der Waals surface area contributed by atoms with Gasteiger partial charge in [-0.2, -0.15) is 0 Å². The lowest BCUT2D eigenvalue weighted by Gasteiger charge is -2.10. The SMILES string of the molecule is Cc1cnc(Nc2cccc(C)c2Br)cc1N. The van der Waals surface area contributed by atoms with E-state index in [1.807, 2.05) is 38.1 Å². The predicted octanol–water partition coefficient (Wildman–Crippen LogP) is 3.79. The third-order valence-corrected chi connectivity index (χ3v) is 3.65. The van der Waals surface area contributed by atoms with E-state index < -0.39 is 0 Å². The highest BCUT2D eigenvalue weighted by Crippen LogP contribution is 2.28. The number of aryl methyl sites for hydroxylation is 2. The van der Waals surface area contributed by atoms with E-state index in [1.54, 1.807) is 6.20 Å². The summed E-state index contributed by atoms with van der Waals surface area (Å²) in [5.74, 6) is 0.749. The molecule has 4 heteroatoms. The summed E-state index contributed by atoms with van der Waals surface area (Å²) in [5.41, 5.74) is 9.74. The van der Waals surface area contributed by atoms with Gasteiger partial charge in [0, 0.05) is 22.4 Å². The Labute approximate surface area is 109 Å². The Morgan fingerprint density at radius 1 is 1.24 bits per heavy atom. The zero-order valence-electron chi connectivity index (χ0n) is 9.79. The lowest BCUT2D eigenvalue weighted by atomic mass is 10.2. The fraction of sp³-hybridized carbons (Fsp3) is 0.154. The minimum absolute atomic E-state index is 0.742. The normalized spacial score (nSPS) is 10.3. The molecule has 0 aliphatic heterocycles. The highest BCUT2D eigenvalue weighted by atomic mass is 79.9. The molecule has 3 N–H and O–H groups in total. The standard InChI is InChI=1S/C13H14BrN3/c1-8-4-3-5-11(13(8)14)17-12-6-10(15)9(2)7-16-12/h3-7H,1-2H3,(H3,15,16,17). The largest absolute Gasteiger partial charge is 0.398 e. The number of nitrogens with one attached hydrogen (secondary N) is 1. The number of nitrogen functional groups attached to an aromatic ring is 1. The quantitative estimate of drug-likeness (QED) is 0.885. The molecule has 2 aromatic rings. The summed E-state index contributed by atoms with van der Waals surface area (Å²) >= 11 is 3.55. The molecule has 0 fully saturated rings. The predicted molar refractivity (Wildman–Crippen MR) is 75.5 cm³/mol. The molecule has 0 aliphatic rings. The molecular formula is C13H14BrN3. The van der Waals surface area contributed by atoms with Crippen molar-refractivity contribution in [1.29, 1.82) is 0 Å². The third kappa shape index (κ3) is 2.58. The van der Waals surface area contributed by atoms with E-state index in [2.05, 4.69) is 26.2 Å². The molecule has 3 nitrogen and oxygen atoms in total. The molecule has 0 saturated heterocycles. The maximum atomic E-state index is 5.85. The van der Waals surface area contributed by atoms with Gasteiger partial charge in [0.2, 0.25) is 0 Å². The van der Waals surface area contributed by atoms with Crippen molar-refractivity contribution in [2.75, 3.05) is 11.1 Å². The van der Waals surface area contributed by atoms with E-state index in [9.17, 15) is 0 Å². The van der Waals surface area contributed by atoms with E-state index in [-0.39, 0.29) is 0 Å². The maximum absolute atomic E-state index is 5.85. The number of nitrogens with zero attached hydrogens (tertiary/aromatic N) is 1. The van der Waals surface area contributed by atoms with E-state index in [0.29, 0.717) is 0 Å². The summed E-state index contributed by atoms with van der Waals surface area (Å²) in [4.78, 5) is 4.29.